The number of sulfone groups is 1. The minimum atomic E-state index is -3.43. The van der Waals surface area contributed by atoms with Gasteiger partial charge in [-0.15, -0.1) is 0 Å². The molecule has 0 bridgehead atoms. The van der Waals surface area contributed by atoms with Crippen molar-refractivity contribution in [2.45, 2.75) is 18.4 Å². The zero-order valence-corrected chi connectivity index (χ0v) is 16.5. The van der Waals surface area contributed by atoms with Crippen molar-refractivity contribution in [1.29, 1.82) is 0 Å². The lowest BCUT2D eigenvalue weighted by Gasteiger charge is -2.02. The number of hydrogen-bond acceptors (Lipinski definition) is 4. The molecule has 0 N–H and O–H groups in total. The van der Waals surface area contributed by atoms with Gasteiger partial charge in [0.15, 0.2) is 14.9 Å². The Bertz CT molecular complexity index is 792. The van der Waals surface area contributed by atoms with Crippen LogP contribution in [0.15, 0.2) is 38.5 Å². The Morgan fingerprint density at radius 3 is 1.96 bits per heavy atom. The van der Waals surface area contributed by atoms with Crippen LogP contribution in [0, 0.1) is 0 Å². The maximum absolute atomic E-state index is 12.4. The summed E-state index contributed by atoms with van der Waals surface area (Å²) in [7, 11) is -3.43. The first-order valence-corrected chi connectivity index (χ1v) is 9.81. The molecule has 0 spiro atoms. The molecule has 10 heteroatoms. The number of rotatable bonds is 3. The van der Waals surface area contributed by atoms with Crippen LogP contribution in [0.2, 0.25) is 5.15 Å². The SMILES string of the molecule is CS(=O)(=O)c1ncc(Br)cc1CF.FCc1cc(Br)cnc1Cl. The maximum atomic E-state index is 12.4. The third-order valence-corrected chi connectivity index (χ3v) is 4.69. The Hall–Kier alpha value is -0.640. The average molecular weight is 493 g/mol. The van der Waals surface area contributed by atoms with Crippen LogP contribution in [0.3, 0.4) is 0 Å². The van der Waals surface area contributed by atoms with Gasteiger partial charge in [0.2, 0.25) is 0 Å². The van der Waals surface area contributed by atoms with E-state index in [1.165, 1.54) is 18.5 Å². The van der Waals surface area contributed by atoms with Crippen molar-refractivity contribution in [3.63, 3.8) is 0 Å². The molecule has 0 aliphatic heterocycles. The molecule has 0 atom stereocenters. The first-order chi connectivity index (χ1) is 10.7. The van der Waals surface area contributed by atoms with E-state index in [1.807, 2.05) is 0 Å². The van der Waals surface area contributed by atoms with E-state index in [0.29, 0.717) is 10.0 Å². The molecule has 0 saturated carbocycles. The first-order valence-electron chi connectivity index (χ1n) is 5.95. The van der Waals surface area contributed by atoms with E-state index in [2.05, 4.69) is 41.8 Å². The summed E-state index contributed by atoms with van der Waals surface area (Å²) in [5, 5.41) is 0.0314. The molecule has 23 heavy (non-hydrogen) atoms. The molecule has 2 aromatic rings. The second-order valence-corrected chi connectivity index (χ2v) is 8.38. The molecule has 2 rings (SSSR count). The van der Waals surface area contributed by atoms with Gasteiger partial charge < -0.3 is 0 Å². The second kappa shape index (κ2) is 9.00. The predicted octanol–water partition coefficient (Wildman–Crippen LogP) is 4.68. The minimum absolute atomic E-state index is 0.0804. The van der Waals surface area contributed by atoms with E-state index in [1.54, 1.807) is 6.07 Å². The van der Waals surface area contributed by atoms with Crippen LogP contribution in [0.5, 0.6) is 0 Å². The van der Waals surface area contributed by atoms with Crippen LogP contribution in [-0.2, 0) is 23.2 Å². The van der Waals surface area contributed by atoms with Crippen molar-refractivity contribution in [3.8, 4) is 0 Å². The van der Waals surface area contributed by atoms with Crippen LogP contribution in [0.25, 0.3) is 0 Å². The third-order valence-electron chi connectivity index (χ3n) is 2.41. The highest BCUT2D eigenvalue weighted by Crippen LogP contribution is 2.19. The molecule has 2 aromatic heterocycles. The van der Waals surface area contributed by atoms with Crippen LogP contribution >= 0.6 is 43.5 Å². The molecule has 0 aromatic carbocycles. The number of alkyl halides is 2. The highest BCUT2D eigenvalue weighted by molar-refractivity contribution is 9.10. The van der Waals surface area contributed by atoms with E-state index in [-0.39, 0.29) is 15.7 Å². The lowest BCUT2D eigenvalue weighted by atomic mass is 10.3. The van der Waals surface area contributed by atoms with Gasteiger partial charge in [-0.3, -0.25) is 0 Å². The van der Waals surface area contributed by atoms with E-state index < -0.39 is 23.2 Å². The predicted molar refractivity (Wildman–Crippen MR) is 91.6 cm³/mol. The second-order valence-electron chi connectivity index (χ2n) is 4.26. The Kier molecular flexibility index (Phi) is 7.99. The average Bonchev–Trinajstić information content (AvgIpc) is 2.49. The highest BCUT2D eigenvalue weighted by atomic mass is 79.9. The van der Waals surface area contributed by atoms with E-state index in [0.717, 1.165) is 10.7 Å². The Morgan fingerprint density at radius 2 is 1.52 bits per heavy atom. The van der Waals surface area contributed by atoms with Crippen LogP contribution < -0.4 is 0 Å². The van der Waals surface area contributed by atoms with Crippen molar-refractivity contribution >= 4 is 53.3 Å². The molecule has 0 aliphatic rings. The molecule has 0 saturated heterocycles. The number of halogens is 5. The van der Waals surface area contributed by atoms with Gasteiger partial charge in [0.25, 0.3) is 0 Å². The summed E-state index contributed by atoms with van der Waals surface area (Å²) in [6.45, 7) is -1.42. The van der Waals surface area contributed by atoms with Gasteiger partial charge in [0, 0.05) is 38.7 Å². The molecule has 2 heterocycles. The van der Waals surface area contributed by atoms with Gasteiger partial charge in [-0.2, -0.15) is 0 Å². The number of pyridine rings is 2. The number of hydrogen-bond donors (Lipinski definition) is 0. The summed E-state index contributed by atoms with van der Waals surface area (Å²) in [5.41, 5.74) is 0.493. The van der Waals surface area contributed by atoms with Gasteiger partial charge in [-0.25, -0.2) is 27.2 Å². The van der Waals surface area contributed by atoms with E-state index >= 15 is 0 Å². The molecule has 0 unspecified atom stereocenters. The summed E-state index contributed by atoms with van der Waals surface area (Å²) in [6, 6.07) is 3.01. The van der Waals surface area contributed by atoms with Crippen LogP contribution in [0.1, 0.15) is 11.1 Å². The van der Waals surface area contributed by atoms with E-state index in [4.69, 9.17) is 11.6 Å². The van der Waals surface area contributed by atoms with Crippen molar-refractivity contribution in [2.24, 2.45) is 0 Å². The van der Waals surface area contributed by atoms with Crippen molar-refractivity contribution in [3.05, 3.63) is 49.8 Å². The van der Waals surface area contributed by atoms with Crippen molar-refractivity contribution < 1.29 is 17.2 Å². The number of aromatic nitrogens is 2. The van der Waals surface area contributed by atoms with Crippen LogP contribution in [0.4, 0.5) is 8.78 Å². The quantitative estimate of drug-likeness (QED) is 0.584. The van der Waals surface area contributed by atoms with Gasteiger partial charge in [-0.1, -0.05) is 11.6 Å². The molecule has 4 nitrogen and oxygen atoms in total. The largest absolute Gasteiger partial charge is 0.246 e. The zero-order chi connectivity index (χ0) is 17.6. The molecule has 0 radical (unpaired) electrons. The monoisotopic (exact) mass is 490 g/mol. The molecule has 0 amide bonds. The normalized spacial score (nSPS) is 10.9. The summed E-state index contributed by atoms with van der Waals surface area (Å²) in [4.78, 5) is 7.37. The molecular weight excluding hydrogens is 481 g/mol. The maximum Gasteiger partial charge on any atom is 0.193 e. The highest BCUT2D eigenvalue weighted by Gasteiger charge is 2.14. The Balaban J connectivity index is 0.000000238. The molecule has 0 fully saturated rings. The molecule has 126 valence electrons. The lowest BCUT2D eigenvalue weighted by molar-refractivity contribution is 0.474. The zero-order valence-electron chi connectivity index (χ0n) is 11.7. The fraction of sp³-hybridized carbons (Fsp3) is 0.231. The lowest BCUT2D eigenvalue weighted by Crippen LogP contribution is -2.04. The molecule has 0 aliphatic carbocycles. The first kappa shape index (κ1) is 20.4. The summed E-state index contributed by atoms with van der Waals surface area (Å²) in [6.07, 6.45) is 3.86. The minimum Gasteiger partial charge on any atom is -0.246 e. The molecular formula is C13H11Br2ClF2N2O2S. The standard InChI is InChI=1S/C7H7BrFNO2S.C6H4BrClFN/c1-13(11,12)7-5(3-9)2-6(8)4-10-7;7-5-1-4(2-9)6(8)10-3-5/h2,4H,3H2,1H3;1,3H,2H2. The summed E-state index contributed by atoms with van der Waals surface area (Å²) < 4.78 is 47.9. The Morgan fingerprint density at radius 1 is 1.04 bits per heavy atom. The number of nitrogens with zero attached hydrogens (tertiary/aromatic N) is 2. The summed E-state index contributed by atoms with van der Waals surface area (Å²) >= 11 is 11.8. The smallest absolute Gasteiger partial charge is 0.193 e. The Labute approximate surface area is 154 Å². The van der Waals surface area contributed by atoms with Gasteiger partial charge >= 0.3 is 0 Å². The van der Waals surface area contributed by atoms with Crippen molar-refractivity contribution in [1.82, 2.24) is 9.97 Å². The van der Waals surface area contributed by atoms with Gasteiger partial charge in [0.05, 0.1) is 0 Å². The van der Waals surface area contributed by atoms with Gasteiger partial charge in [0.1, 0.15) is 18.5 Å². The third kappa shape index (κ3) is 6.40. The van der Waals surface area contributed by atoms with Crippen LogP contribution in [-0.4, -0.2) is 24.6 Å². The fourth-order valence-electron chi connectivity index (χ4n) is 1.46. The topological polar surface area (TPSA) is 59.9 Å². The van der Waals surface area contributed by atoms with Crippen molar-refractivity contribution in [2.75, 3.05) is 6.26 Å². The summed E-state index contributed by atoms with van der Waals surface area (Å²) in [5.74, 6) is 0. The van der Waals surface area contributed by atoms with Gasteiger partial charge in [-0.05, 0) is 44.0 Å². The van der Waals surface area contributed by atoms with E-state index in [9.17, 15) is 17.2 Å². The fourth-order valence-corrected chi connectivity index (χ4v) is 3.20.